The topological polar surface area (TPSA) is 64.4 Å². The highest BCUT2D eigenvalue weighted by molar-refractivity contribution is 6.36. The number of ether oxygens (including phenoxy) is 1. The molecule has 0 spiro atoms. The molecule has 0 saturated carbocycles. The lowest BCUT2D eigenvalue weighted by molar-refractivity contribution is 0.0697. The van der Waals surface area contributed by atoms with Gasteiger partial charge in [0.05, 0.1) is 16.3 Å². The first-order chi connectivity index (χ1) is 18.9. The number of aryl methyl sites for hydroxylation is 1. The van der Waals surface area contributed by atoms with E-state index >= 15 is 0 Å². The molecule has 0 atom stereocenters. The molecule has 5 aromatic rings. The zero-order valence-corrected chi connectivity index (χ0v) is 22.5. The second-order valence-electron chi connectivity index (χ2n) is 8.99. The van der Waals surface area contributed by atoms with Crippen LogP contribution in [0.2, 0.25) is 10.0 Å². The number of imidazole rings is 1. The number of nitrogens with zero attached hydrogens (tertiary/aromatic N) is 2. The van der Waals surface area contributed by atoms with Crippen LogP contribution < -0.4 is 4.74 Å². The maximum atomic E-state index is 11.0. The Bertz CT molecular complexity index is 1640. The first-order valence-corrected chi connectivity index (χ1v) is 12.9. The summed E-state index contributed by atoms with van der Waals surface area (Å²) < 4.78 is 7.81. The third kappa shape index (κ3) is 6.40. The van der Waals surface area contributed by atoms with Crippen molar-refractivity contribution in [2.45, 2.75) is 6.61 Å². The van der Waals surface area contributed by atoms with Crippen molar-refractivity contribution < 1.29 is 14.6 Å². The van der Waals surface area contributed by atoms with Gasteiger partial charge in [-0.15, -0.1) is 0 Å². The molecule has 0 radical (unpaired) electrons. The van der Waals surface area contributed by atoms with Crippen molar-refractivity contribution in [3.63, 3.8) is 0 Å². The molecule has 1 heterocycles. The summed E-state index contributed by atoms with van der Waals surface area (Å²) in [6, 6.07) is 28.3. The molecule has 0 amide bonds. The smallest absolute Gasteiger partial charge is 0.335 e. The number of hydrogen-bond acceptors (Lipinski definition) is 3. The lowest BCUT2D eigenvalue weighted by Gasteiger charge is -2.08. The standard InChI is InChI=1S/C32H24Cl2N2O3/c1-36-19-30(28-16-13-26(33)18-29(28)34)35-31(36)17-6-21-2-7-23(8-3-21)24-11-14-27(15-12-24)39-20-22-4-9-25(10-5-22)32(37)38/h2-19H,20H2,1H3,(H,37,38). The van der Waals surface area contributed by atoms with E-state index in [1.54, 1.807) is 36.4 Å². The van der Waals surface area contributed by atoms with Crippen LogP contribution in [0.3, 0.4) is 0 Å². The molecule has 0 fully saturated rings. The number of carboxylic acid groups (broad SMARTS) is 1. The van der Waals surface area contributed by atoms with Crippen LogP contribution in [0.25, 0.3) is 34.5 Å². The summed E-state index contributed by atoms with van der Waals surface area (Å²) in [6.07, 6.45) is 5.95. The van der Waals surface area contributed by atoms with Crippen molar-refractivity contribution in [2.75, 3.05) is 0 Å². The number of hydrogen-bond donors (Lipinski definition) is 1. The highest BCUT2D eigenvalue weighted by Crippen LogP contribution is 2.30. The molecular weight excluding hydrogens is 531 g/mol. The zero-order chi connectivity index (χ0) is 27.4. The van der Waals surface area contributed by atoms with E-state index in [1.807, 2.05) is 60.3 Å². The third-order valence-corrected chi connectivity index (χ3v) is 6.80. The van der Waals surface area contributed by atoms with Crippen molar-refractivity contribution in [3.8, 4) is 28.1 Å². The summed E-state index contributed by atoms with van der Waals surface area (Å²) >= 11 is 12.4. The number of carboxylic acids is 1. The zero-order valence-electron chi connectivity index (χ0n) is 21.0. The van der Waals surface area contributed by atoms with E-state index in [1.165, 1.54) is 0 Å². The normalized spacial score (nSPS) is 11.2. The summed E-state index contributed by atoms with van der Waals surface area (Å²) in [5.41, 5.74) is 6.03. The van der Waals surface area contributed by atoms with Crippen LogP contribution in [-0.4, -0.2) is 20.6 Å². The van der Waals surface area contributed by atoms with Gasteiger partial charge in [0, 0.05) is 23.8 Å². The first kappa shape index (κ1) is 26.3. The Morgan fingerprint density at radius 2 is 1.56 bits per heavy atom. The number of aromatic nitrogens is 2. The average Bonchev–Trinajstić information content (AvgIpc) is 3.31. The van der Waals surface area contributed by atoms with E-state index in [2.05, 4.69) is 24.3 Å². The quantitative estimate of drug-likeness (QED) is 0.209. The van der Waals surface area contributed by atoms with Crippen LogP contribution in [0.1, 0.15) is 27.3 Å². The fraction of sp³-hybridized carbons (Fsp3) is 0.0625. The molecule has 0 unspecified atom stereocenters. The largest absolute Gasteiger partial charge is 0.489 e. The average molecular weight is 555 g/mol. The van der Waals surface area contributed by atoms with E-state index in [-0.39, 0.29) is 5.56 Å². The van der Waals surface area contributed by atoms with Crippen LogP contribution in [0.5, 0.6) is 5.75 Å². The maximum Gasteiger partial charge on any atom is 0.335 e. The predicted molar refractivity (Wildman–Crippen MR) is 157 cm³/mol. The molecule has 5 rings (SSSR count). The Labute approximate surface area is 236 Å². The molecule has 4 aromatic carbocycles. The van der Waals surface area contributed by atoms with Crippen molar-refractivity contribution in [2.24, 2.45) is 7.05 Å². The van der Waals surface area contributed by atoms with Gasteiger partial charge in [-0.25, -0.2) is 9.78 Å². The van der Waals surface area contributed by atoms with Crippen molar-refractivity contribution in [3.05, 3.63) is 130 Å². The van der Waals surface area contributed by atoms with E-state index in [9.17, 15) is 4.79 Å². The van der Waals surface area contributed by atoms with Gasteiger partial charge < -0.3 is 14.4 Å². The van der Waals surface area contributed by atoms with Crippen LogP contribution in [0, 0.1) is 0 Å². The molecule has 7 heteroatoms. The van der Waals surface area contributed by atoms with E-state index in [4.69, 9.17) is 38.0 Å². The molecule has 0 aliphatic carbocycles. The number of carbonyl (C=O) groups is 1. The molecule has 0 aliphatic rings. The Balaban J connectivity index is 1.21. The Morgan fingerprint density at radius 3 is 2.21 bits per heavy atom. The minimum atomic E-state index is -0.940. The highest BCUT2D eigenvalue weighted by atomic mass is 35.5. The Kier molecular flexibility index (Phi) is 7.82. The van der Waals surface area contributed by atoms with E-state index in [0.717, 1.165) is 45.1 Å². The molecular formula is C32H24Cl2N2O3. The van der Waals surface area contributed by atoms with Crippen molar-refractivity contribution in [1.82, 2.24) is 9.55 Å². The number of halogens is 2. The van der Waals surface area contributed by atoms with Gasteiger partial charge >= 0.3 is 5.97 Å². The third-order valence-electron chi connectivity index (χ3n) is 6.25. The van der Waals surface area contributed by atoms with Crippen LogP contribution in [0.4, 0.5) is 0 Å². The Hall–Kier alpha value is -4.32. The predicted octanol–water partition coefficient (Wildman–Crippen LogP) is 8.51. The molecule has 0 saturated heterocycles. The summed E-state index contributed by atoms with van der Waals surface area (Å²) in [5.74, 6) is 0.619. The molecule has 0 aliphatic heterocycles. The molecule has 0 bridgehead atoms. The van der Waals surface area contributed by atoms with E-state index < -0.39 is 5.97 Å². The van der Waals surface area contributed by atoms with E-state index in [0.29, 0.717) is 16.7 Å². The van der Waals surface area contributed by atoms with Crippen molar-refractivity contribution >= 4 is 41.3 Å². The minimum Gasteiger partial charge on any atom is -0.489 e. The fourth-order valence-electron chi connectivity index (χ4n) is 4.07. The Morgan fingerprint density at radius 1 is 0.897 bits per heavy atom. The summed E-state index contributed by atoms with van der Waals surface area (Å²) in [7, 11) is 1.95. The number of aromatic carboxylic acids is 1. The molecule has 1 N–H and O–H groups in total. The van der Waals surface area contributed by atoms with Crippen molar-refractivity contribution in [1.29, 1.82) is 0 Å². The highest BCUT2D eigenvalue weighted by Gasteiger charge is 2.10. The fourth-order valence-corrected chi connectivity index (χ4v) is 4.58. The molecule has 1 aromatic heterocycles. The minimum absolute atomic E-state index is 0.259. The van der Waals surface area contributed by atoms with Crippen LogP contribution in [-0.2, 0) is 13.7 Å². The monoisotopic (exact) mass is 554 g/mol. The lowest BCUT2D eigenvalue weighted by atomic mass is 10.0. The second kappa shape index (κ2) is 11.6. The van der Waals surface area contributed by atoms with Crippen LogP contribution >= 0.6 is 23.2 Å². The molecule has 5 nitrogen and oxygen atoms in total. The van der Waals surface area contributed by atoms with Gasteiger partial charge in [-0.2, -0.15) is 0 Å². The summed E-state index contributed by atoms with van der Waals surface area (Å²) in [5, 5.41) is 10.2. The SMILES string of the molecule is Cn1cc(-c2ccc(Cl)cc2Cl)nc1C=Cc1ccc(-c2ccc(OCc3ccc(C(=O)O)cc3)cc2)cc1. The first-order valence-electron chi connectivity index (χ1n) is 12.2. The van der Waals surface area contributed by atoms with Gasteiger partial charge in [-0.05, 0) is 70.8 Å². The summed E-state index contributed by atoms with van der Waals surface area (Å²) in [4.78, 5) is 15.7. The molecule has 194 valence electrons. The van der Waals surface area contributed by atoms with Gasteiger partial charge in [0.2, 0.25) is 0 Å². The second-order valence-corrected chi connectivity index (χ2v) is 9.83. The van der Waals surface area contributed by atoms with Gasteiger partial charge in [0.15, 0.2) is 0 Å². The van der Waals surface area contributed by atoms with Gasteiger partial charge in [-0.3, -0.25) is 0 Å². The number of rotatable bonds is 8. The maximum absolute atomic E-state index is 11.0. The van der Waals surface area contributed by atoms with Gasteiger partial charge in [0.1, 0.15) is 18.2 Å². The molecule has 39 heavy (non-hydrogen) atoms. The van der Waals surface area contributed by atoms with Gasteiger partial charge in [-0.1, -0.05) is 77.8 Å². The summed E-state index contributed by atoms with van der Waals surface area (Å²) in [6.45, 7) is 0.366. The number of benzene rings is 4. The van der Waals surface area contributed by atoms with Crippen LogP contribution in [0.15, 0.2) is 97.2 Å². The lowest BCUT2D eigenvalue weighted by Crippen LogP contribution is -1.98. The van der Waals surface area contributed by atoms with Gasteiger partial charge in [0.25, 0.3) is 0 Å².